The minimum atomic E-state index is -0.0312. The molecule has 3 rings (SSSR count). The maximum atomic E-state index is 12.0. The van der Waals surface area contributed by atoms with Gasteiger partial charge >= 0.3 is 0 Å². The van der Waals surface area contributed by atoms with Crippen LogP contribution >= 0.6 is 0 Å². The standard InChI is InChI=1S/C17H15N3O/c18-12-20-9-8-14-11-15(6-7-16(14)20)19-17(21)10-13-4-2-1-3-5-13/h1-7,11H,8-10H2,(H,19,21). The Bertz CT molecular complexity index is 704. The zero-order valence-corrected chi connectivity index (χ0v) is 11.5. The Kier molecular flexibility index (Phi) is 3.57. The van der Waals surface area contributed by atoms with Gasteiger partial charge in [0.1, 0.15) is 0 Å². The maximum absolute atomic E-state index is 12.0. The Labute approximate surface area is 123 Å². The van der Waals surface area contributed by atoms with Crippen molar-refractivity contribution < 1.29 is 4.79 Å². The Morgan fingerprint density at radius 1 is 1.24 bits per heavy atom. The third-order valence-electron chi connectivity index (χ3n) is 3.59. The second-order valence-corrected chi connectivity index (χ2v) is 5.06. The third kappa shape index (κ3) is 2.87. The number of nitriles is 1. The topological polar surface area (TPSA) is 56.1 Å². The van der Waals surface area contributed by atoms with E-state index in [0.717, 1.165) is 28.9 Å². The first-order valence-corrected chi connectivity index (χ1v) is 6.90. The van der Waals surface area contributed by atoms with Crippen molar-refractivity contribution in [2.45, 2.75) is 12.8 Å². The molecule has 2 aromatic rings. The van der Waals surface area contributed by atoms with Crippen LogP contribution in [0.1, 0.15) is 11.1 Å². The van der Waals surface area contributed by atoms with E-state index in [1.165, 1.54) is 0 Å². The fourth-order valence-electron chi connectivity index (χ4n) is 2.57. The molecule has 1 aliphatic heterocycles. The molecule has 1 heterocycles. The number of benzene rings is 2. The fourth-order valence-corrected chi connectivity index (χ4v) is 2.57. The van der Waals surface area contributed by atoms with Crippen molar-refractivity contribution in [2.75, 3.05) is 16.8 Å². The van der Waals surface area contributed by atoms with Crippen LogP contribution in [0.3, 0.4) is 0 Å². The van der Waals surface area contributed by atoms with Crippen molar-refractivity contribution in [1.82, 2.24) is 0 Å². The summed E-state index contributed by atoms with van der Waals surface area (Å²) >= 11 is 0. The lowest BCUT2D eigenvalue weighted by molar-refractivity contribution is -0.115. The van der Waals surface area contributed by atoms with E-state index in [1.807, 2.05) is 48.5 Å². The van der Waals surface area contributed by atoms with Crippen LogP contribution in [0.25, 0.3) is 0 Å². The molecule has 1 aliphatic rings. The molecule has 1 amide bonds. The number of fused-ring (bicyclic) bond motifs is 1. The third-order valence-corrected chi connectivity index (χ3v) is 3.59. The van der Waals surface area contributed by atoms with Crippen LogP contribution in [0.2, 0.25) is 0 Å². The van der Waals surface area contributed by atoms with Gasteiger partial charge in [0, 0.05) is 12.2 Å². The first-order valence-electron chi connectivity index (χ1n) is 6.90. The van der Waals surface area contributed by atoms with Crippen molar-refractivity contribution >= 4 is 17.3 Å². The SMILES string of the molecule is N#CN1CCc2cc(NC(=O)Cc3ccccc3)ccc21. The van der Waals surface area contributed by atoms with Crippen LogP contribution in [-0.4, -0.2) is 12.5 Å². The van der Waals surface area contributed by atoms with E-state index in [4.69, 9.17) is 5.26 Å². The van der Waals surface area contributed by atoms with Gasteiger partial charge in [-0.05, 0) is 35.7 Å². The molecule has 0 saturated heterocycles. The molecule has 0 unspecified atom stereocenters. The molecule has 0 aliphatic carbocycles. The van der Waals surface area contributed by atoms with Gasteiger partial charge in [0.2, 0.25) is 5.91 Å². The molecular weight excluding hydrogens is 262 g/mol. The molecule has 2 aromatic carbocycles. The minimum absolute atomic E-state index is 0.0312. The zero-order valence-electron chi connectivity index (χ0n) is 11.5. The van der Waals surface area contributed by atoms with Gasteiger partial charge in [0.05, 0.1) is 12.1 Å². The van der Waals surface area contributed by atoms with Gasteiger partial charge in [-0.15, -0.1) is 0 Å². The summed E-state index contributed by atoms with van der Waals surface area (Å²) in [5, 5.41) is 11.9. The predicted octanol–water partition coefficient (Wildman–Crippen LogP) is 2.71. The summed E-state index contributed by atoms with van der Waals surface area (Å²) in [6.07, 6.45) is 3.36. The highest BCUT2D eigenvalue weighted by atomic mass is 16.1. The first-order chi connectivity index (χ1) is 10.3. The summed E-state index contributed by atoms with van der Waals surface area (Å²) in [5.74, 6) is -0.0312. The number of carbonyl (C=O) groups excluding carboxylic acids is 1. The van der Waals surface area contributed by atoms with E-state index in [2.05, 4.69) is 11.5 Å². The Morgan fingerprint density at radius 2 is 2.05 bits per heavy atom. The Morgan fingerprint density at radius 3 is 2.81 bits per heavy atom. The number of rotatable bonds is 3. The van der Waals surface area contributed by atoms with Crippen molar-refractivity contribution in [1.29, 1.82) is 5.26 Å². The molecule has 4 heteroatoms. The number of anilines is 2. The average molecular weight is 277 g/mol. The predicted molar refractivity (Wildman–Crippen MR) is 81.9 cm³/mol. The molecule has 0 bridgehead atoms. The van der Waals surface area contributed by atoms with Crippen molar-refractivity contribution in [3.63, 3.8) is 0 Å². The number of carbonyl (C=O) groups is 1. The van der Waals surface area contributed by atoms with Gasteiger partial charge in [0.15, 0.2) is 6.19 Å². The van der Waals surface area contributed by atoms with Crippen LogP contribution < -0.4 is 10.2 Å². The van der Waals surface area contributed by atoms with Gasteiger partial charge in [-0.3, -0.25) is 9.69 Å². The fraction of sp³-hybridized carbons (Fsp3) is 0.176. The largest absolute Gasteiger partial charge is 0.326 e. The maximum Gasteiger partial charge on any atom is 0.228 e. The molecule has 0 saturated carbocycles. The van der Waals surface area contributed by atoms with E-state index in [1.54, 1.807) is 4.90 Å². The summed E-state index contributed by atoms with van der Waals surface area (Å²) in [4.78, 5) is 13.7. The van der Waals surface area contributed by atoms with Gasteiger partial charge in [-0.25, -0.2) is 0 Å². The van der Waals surface area contributed by atoms with E-state index < -0.39 is 0 Å². The van der Waals surface area contributed by atoms with E-state index >= 15 is 0 Å². The van der Waals surface area contributed by atoms with Crippen molar-refractivity contribution in [3.8, 4) is 6.19 Å². The quantitative estimate of drug-likeness (QED) is 0.878. The summed E-state index contributed by atoms with van der Waals surface area (Å²) in [5.41, 5.74) is 3.83. The lowest BCUT2D eigenvalue weighted by Gasteiger charge is -2.10. The summed E-state index contributed by atoms with van der Waals surface area (Å²) in [7, 11) is 0. The molecule has 0 radical (unpaired) electrons. The molecule has 0 fully saturated rings. The zero-order chi connectivity index (χ0) is 14.7. The average Bonchev–Trinajstić information content (AvgIpc) is 2.90. The number of amides is 1. The summed E-state index contributed by atoms with van der Waals surface area (Å²) in [6, 6.07) is 15.3. The molecule has 1 N–H and O–H groups in total. The summed E-state index contributed by atoms with van der Waals surface area (Å²) in [6.45, 7) is 0.716. The molecular formula is C17H15N3O. The lowest BCUT2D eigenvalue weighted by Crippen LogP contribution is -2.14. The number of nitrogens with one attached hydrogen (secondary N) is 1. The number of hydrogen-bond acceptors (Lipinski definition) is 3. The second-order valence-electron chi connectivity index (χ2n) is 5.06. The highest BCUT2D eigenvalue weighted by Crippen LogP contribution is 2.29. The van der Waals surface area contributed by atoms with Crippen LogP contribution in [0, 0.1) is 11.5 Å². The van der Waals surface area contributed by atoms with E-state index in [0.29, 0.717) is 13.0 Å². The van der Waals surface area contributed by atoms with Crippen molar-refractivity contribution in [2.24, 2.45) is 0 Å². The normalized spacial score (nSPS) is 12.6. The number of hydrogen-bond donors (Lipinski definition) is 1. The lowest BCUT2D eigenvalue weighted by atomic mass is 10.1. The van der Waals surface area contributed by atoms with Crippen LogP contribution in [0.4, 0.5) is 11.4 Å². The molecule has 0 atom stereocenters. The first kappa shape index (κ1) is 13.2. The Balaban J connectivity index is 1.69. The smallest absolute Gasteiger partial charge is 0.228 e. The minimum Gasteiger partial charge on any atom is -0.326 e. The highest BCUT2D eigenvalue weighted by Gasteiger charge is 2.19. The van der Waals surface area contributed by atoms with E-state index in [9.17, 15) is 4.79 Å². The van der Waals surface area contributed by atoms with Crippen LogP contribution in [0.15, 0.2) is 48.5 Å². The molecule has 0 spiro atoms. The molecule has 0 aromatic heterocycles. The second kappa shape index (κ2) is 5.68. The monoisotopic (exact) mass is 277 g/mol. The summed E-state index contributed by atoms with van der Waals surface area (Å²) < 4.78 is 0. The number of nitrogens with zero attached hydrogens (tertiary/aromatic N) is 2. The molecule has 4 nitrogen and oxygen atoms in total. The van der Waals surface area contributed by atoms with E-state index in [-0.39, 0.29) is 5.91 Å². The highest BCUT2D eigenvalue weighted by molar-refractivity contribution is 5.92. The molecule has 104 valence electrons. The molecule has 21 heavy (non-hydrogen) atoms. The van der Waals surface area contributed by atoms with Gasteiger partial charge in [-0.2, -0.15) is 5.26 Å². The van der Waals surface area contributed by atoms with Crippen molar-refractivity contribution in [3.05, 3.63) is 59.7 Å². The van der Waals surface area contributed by atoms with Gasteiger partial charge in [0.25, 0.3) is 0 Å². The van der Waals surface area contributed by atoms with Crippen LogP contribution in [0.5, 0.6) is 0 Å². The van der Waals surface area contributed by atoms with Gasteiger partial charge < -0.3 is 5.32 Å². The Hall–Kier alpha value is -2.80. The van der Waals surface area contributed by atoms with Crippen LogP contribution in [-0.2, 0) is 17.6 Å². The van der Waals surface area contributed by atoms with Gasteiger partial charge in [-0.1, -0.05) is 30.3 Å².